The number of rotatable bonds is 1. The molecule has 3 nitrogen and oxygen atoms in total. The Labute approximate surface area is 103 Å². The fourth-order valence-electron chi connectivity index (χ4n) is 2.42. The standard InChI is InChI=1S/C14H20N2O/c1-10-6-5-8-12(13(10)15)14(17)16-9-4-3-7-11(16)2/h5-6,8,11H,3-4,7,9,15H2,1-2H3. The van der Waals surface area contributed by atoms with Gasteiger partial charge in [-0.2, -0.15) is 0 Å². The van der Waals surface area contributed by atoms with Gasteiger partial charge in [0.05, 0.1) is 5.56 Å². The number of benzene rings is 1. The smallest absolute Gasteiger partial charge is 0.256 e. The molecular weight excluding hydrogens is 212 g/mol. The van der Waals surface area contributed by atoms with Crippen LogP contribution in [0.4, 0.5) is 5.69 Å². The number of hydrogen-bond acceptors (Lipinski definition) is 2. The fourth-order valence-corrected chi connectivity index (χ4v) is 2.42. The molecule has 1 aromatic rings. The van der Waals surface area contributed by atoms with Crippen LogP contribution in [0.5, 0.6) is 0 Å². The van der Waals surface area contributed by atoms with Crippen LogP contribution in [-0.2, 0) is 0 Å². The first-order chi connectivity index (χ1) is 8.11. The topological polar surface area (TPSA) is 46.3 Å². The Morgan fingerprint density at radius 2 is 2.18 bits per heavy atom. The van der Waals surface area contributed by atoms with Gasteiger partial charge in [-0.1, -0.05) is 12.1 Å². The molecule has 0 saturated carbocycles. The second-order valence-corrected chi connectivity index (χ2v) is 4.88. The molecule has 1 amide bonds. The van der Waals surface area contributed by atoms with Crippen molar-refractivity contribution in [2.24, 2.45) is 0 Å². The summed E-state index contributed by atoms with van der Waals surface area (Å²) in [6, 6.07) is 5.99. The second-order valence-electron chi connectivity index (χ2n) is 4.88. The van der Waals surface area contributed by atoms with Crippen molar-refractivity contribution in [3.8, 4) is 0 Å². The fraction of sp³-hybridized carbons (Fsp3) is 0.500. The van der Waals surface area contributed by atoms with Crippen molar-refractivity contribution in [2.75, 3.05) is 12.3 Å². The molecule has 1 saturated heterocycles. The summed E-state index contributed by atoms with van der Waals surface area (Å²) in [7, 11) is 0. The minimum Gasteiger partial charge on any atom is -0.398 e. The van der Waals surface area contributed by atoms with Gasteiger partial charge in [0.25, 0.3) is 5.91 Å². The van der Waals surface area contributed by atoms with Crippen LogP contribution in [0.3, 0.4) is 0 Å². The zero-order chi connectivity index (χ0) is 12.4. The summed E-state index contributed by atoms with van der Waals surface area (Å²) < 4.78 is 0. The maximum atomic E-state index is 12.4. The summed E-state index contributed by atoms with van der Waals surface area (Å²) >= 11 is 0. The lowest BCUT2D eigenvalue weighted by atomic mass is 10.0. The molecule has 3 heteroatoms. The number of carbonyl (C=O) groups is 1. The van der Waals surface area contributed by atoms with Gasteiger partial charge in [0.15, 0.2) is 0 Å². The van der Waals surface area contributed by atoms with Gasteiger partial charge in [-0.15, -0.1) is 0 Å². The molecular formula is C14H20N2O. The van der Waals surface area contributed by atoms with Crippen LogP contribution < -0.4 is 5.73 Å². The predicted molar refractivity (Wildman–Crippen MR) is 69.9 cm³/mol. The summed E-state index contributed by atoms with van der Waals surface area (Å²) in [6.45, 7) is 4.90. The molecule has 0 spiro atoms. The van der Waals surface area contributed by atoms with E-state index in [2.05, 4.69) is 6.92 Å². The van der Waals surface area contributed by atoms with Gasteiger partial charge in [-0.05, 0) is 44.7 Å². The lowest BCUT2D eigenvalue weighted by molar-refractivity contribution is 0.0636. The van der Waals surface area contributed by atoms with Gasteiger partial charge in [0.1, 0.15) is 0 Å². The minimum atomic E-state index is 0.0819. The van der Waals surface area contributed by atoms with Crippen molar-refractivity contribution in [1.82, 2.24) is 4.90 Å². The van der Waals surface area contributed by atoms with Crippen molar-refractivity contribution < 1.29 is 4.79 Å². The third-order valence-electron chi connectivity index (χ3n) is 3.62. The molecule has 1 unspecified atom stereocenters. The monoisotopic (exact) mass is 232 g/mol. The Bertz CT molecular complexity index is 428. The van der Waals surface area contributed by atoms with E-state index in [0.717, 1.165) is 24.9 Å². The van der Waals surface area contributed by atoms with Gasteiger partial charge in [0.2, 0.25) is 0 Å². The molecule has 1 aliphatic rings. The lowest BCUT2D eigenvalue weighted by Gasteiger charge is -2.33. The molecule has 0 aliphatic carbocycles. The highest BCUT2D eigenvalue weighted by Gasteiger charge is 2.25. The molecule has 1 aliphatic heterocycles. The first-order valence-corrected chi connectivity index (χ1v) is 6.27. The summed E-state index contributed by atoms with van der Waals surface area (Å²) in [6.07, 6.45) is 3.41. The van der Waals surface area contributed by atoms with Crippen molar-refractivity contribution in [2.45, 2.75) is 39.2 Å². The molecule has 0 radical (unpaired) electrons. The molecule has 2 N–H and O–H groups in total. The molecule has 1 heterocycles. The summed E-state index contributed by atoms with van der Waals surface area (Å²) in [5, 5.41) is 0. The van der Waals surface area contributed by atoms with E-state index in [1.165, 1.54) is 6.42 Å². The number of hydrogen-bond donors (Lipinski definition) is 1. The number of nitrogens with two attached hydrogens (primary N) is 1. The van der Waals surface area contributed by atoms with E-state index < -0.39 is 0 Å². The van der Waals surface area contributed by atoms with E-state index in [9.17, 15) is 4.79 Å². The highest BCUT2D eigenvalue weighted by molar-refractivity contribution is 5.99. The van der Waals surface area contributed by atoms with E-state index in [1.807, 2.05) is 30.0 Å². The largest absolute Gasteiger partial charge is 0.398 e. The van der Waals surface area contributed by atoms with Crippen molar-refractivity contribution in [1.29, 1.82) is 0 Å². The van der Waals surface area contributed by atoms with E-state index >= 15 is 0 Å². The van der Waals surface area contributed by atoms with Crippen LogP contribution >= 0.6 is 0 Å². The normalized spacial score (nSPS) is 20.4. The van der Waals surface area contributed by atoms with Crippen LogP contribution in [0.1, 0.15) is 42.1 Å². The number of nitrogen functional groups attached to an aromatic ring is 1. The minimum absolute atomic E-state index is 0.0819. The maximum Gasteiger partial charge on any atom is 0.256 e. The van der Waals surface area contributed by atoms with Crippen molar-refractivity contribution in [3.63, 3.8) is 0 Å². The Morgan fingerprint density at radius 3 is 2.88 bits per heavy atom. The Morgan fingerprint density at radius 1 is 1.41 bits per heavy atom. The Balaban J connectivity index is 2.27. The number of likely N-dealkylation sites (tertiary alicyclic amines) is 1. The predicted octanol–water partition coefficient (Wildman–Crippen LogP) is 2.59. The van der Waals surface area contributed by atoms with Gasteiger partial charge in [-0.25, -0.2) is 0 Å². The number of nitrogens with zero attached hydrogens (tertiary/aromatic N) is 1. The van der Waals surface area contributed by atoms with Gasteiger partial charge >= 0.3 is 0 Å². The third kappa shape index (κ3) is 2.28. The maximum absolute atomic E-state index is 12.4. The molecule has 0 aromatic heterocycles. The van der Waals surface area contributed by atoms with E-state index in [0.29, 0.717) is 17.3 Å². The molecule has 2 rings (SSSR count). The highest BCUT2D eigenvalue weighted by atomic mass is 16.2. The Kier molecular flexibility index (Phi) is 3.36. The van der Waals surface area contributed by atoms with Gasteiger partial charge in [0, 0.05) is 18.3 Å². The highest BCUT2D eigenvalue weighted by Crippen LogP contribution is 2.23. The molecule has 92 valence electrons. The Hall–Kier alpha value is -1.51. The van der Waals surface area contributed by atoms with Crippen LogP contribution in [0.25, 0.3) is 0 Å². The number of aryl methyl sites for hydroxylation is 1. The van der Waals surface area contributed by atoms with Gasteiger partial charge < -0.3 is 10.6 Å². The van der Waals surface area contributed by atoms with Crippen LogP contribution in [0.15, 0.2) is 18.2 Å². The SMILES string of the molecule is Cc1cccc(C(=O)N2CCCCC2C)c1N. The zero-order valence-electron chi connectivity index (χ0n) is 10.6. The first-order valence-electron chi connectivity index (χ1n) is 6.27. The first kappa shape index (κ1) is 12.0. The van der Waals surface area contributed by atoms with E-state index in [4.69, 9.17) is 5.73 Å². The van der Waals surface area contributed by atoms with Crippen LogP contribution in [0, 0.1) is 6.92 Å². The average Bonchev–Trinajstić information content (AvgIpc) is 2.32. The number of carbonyl (C=O) groups excluding carboxylic acids is 1. The molecule has 0 bridgehead atoms. The molecule has 1 atom stereocenters. The van der Waals surface area contributed by atoms with E-state index in [1.54, 1.807) is 0 Å². The number of amides is 1. The van der Waals surface area contributed by atoms with Crippen LogP contribution in [-0.4, -0.2) is 23.4 Å². The molecule has 17 heavy (non-hydrogen) atoms. The average molecular weight is 232 g/mol. The summed E-state index contributed by atoms with van der Waals surface area (Å²) in [4.78, 5) is 14.4. The lowest BCUT2D eigenvalue weighted by Crippen LogP contribution is -2.42. The second kappa shape index (κ2) is 4.78. The summed E-state index contributed by atoms with van der Waals surface area (Å²) in [5.41, 5.74) is 8.23. The van der Waals surface area contributed by atoms with Crippen molar-refractivity contribution >= 4 is 11.6 Å². The number of para-hydroxylation sites is 1. The molecule has 1 aromatic carbocycles. The summed E-state index contributed by atoms with van der Waals surface area (Å²) in [5.74, 6) is 0.0819. The van der Waals surface area contributed by atoms with Crippen LogP contribution in [0.2, 0.25) is 0 Å². The molecule has 1 fully saturated rings. The number of anilines is 1. The quantitative estimate of drug-likeness (QED) is 0.756. The van der Waals surface area contributed by atoms with Crippen molar-refractivity contribution in [3.05, 3.63) is 29.3 Å². The van der Waals surface area contributed by atoms with Gasteiger partial charge in [-0.3, -0.25) is 4.79 Å². The number of piperidine rings is 1. The third-order valence-corrected chi connectivity index (χ3v) is 3.62. The zero-order valence-corrected chi connectivity index (χ0v) is 10.6. The van der Waals surface area contributed by atoms with E-state index in [-0.39, 0.29) is 5.91 Å².